The van der Waals surface area contributed by atoms with Crippen LogP contribution in [-0.4, -0.2) is 13.1 Å². The Bertz CT molecular complexity index is 307. The second kappa shape index (κ2) is 4.45. The number of likely N-dealkylation sites (N-methyl/N-ethyl adjacent to an activating group) is 1. The van der Waals surface area contributed by atoms with Crippen LogP contribution in [0.1, 0.15) is 26.3 Å². The van der Waals surface area contributed by atoms with Crippen molar-refractivity contribution in [3.63, 3.8) is 0 Å². The van der Waals surface area contributed by atoms with Gasteiger partial charge in [0.1, 0.15) is 0 Å². The summed E-state index contributed by atoms with van der Waals surface area (Å²) in [4.78, 5) is 0. The van der Waals surface area contributed by atoms with Crippen LogP contribution in [0.2, 0.25) is 0 Å². The summed E-state index contributed by atoms with van der Waals surface area (Å²) >= 11 is 3.60. The molecule has 1 atom stereocenters. The lowest BCUT2D eigenvalue weighted by atomic mass is 9.78. The molecule has 0 amide bonds. The van der Waals surface area contributed by atoms with Crippen molar-refractivity contribution in [1.29, 1.82) is 0 Å². The van der Waals surface area contributed by atoms with Gasteiger partial charge in [-0.2, -0.15) is 0 Å². The first-order chi connectivity index (χ1) is 6.50. The molecule has 0 bridgehead atoms. The molecular weight excluding hydrogens is 238 g/mol. The fraction of sp³-hybridized carbons (Fsp3) is 0.500. The Morgan fingerprint density at radius 1 is 1.29 bits per heavy atom. The lowest BCUT2D eigenvalue weighted by molar-refractivity contribution is 0.382. The average molecular weight is 256 g/mol. The van der Waals surface area contributed by atoms with E-state index in [0.717, 1.165) is 0 Å². The Kier molecular flexibility index (Phi) is 3.73. The Morgan fingerprint density at radius 3 is 2.36 bits per heavy atom. The molecule has 0 fully saturated rings. The number of hydrogen-bond donors (Lipinski definition) is 1. The predicted molar refractivity (Wildman–Crippen MR) is 65.7 cm³/mol. The van der Waals surface area contributed by atoms with E-state index in [2.05, 4.69) is 60.2 Å². The fourth-order valence-electron chi connectivity index (χ4n) is 1.58. The van der Waals surface area contributed by atoms with E-state index in [4.69, 9.17) is 0 Å². The highest BCUT2D eigenvalue weighted by atomic mass is 79.9. The van der Waals surface area contributed by atoms with Crippen LogP contribution < -0.4 is 5.32 Å². The van der Waals surface area contributed by atoms with Gasteiger partial charge in [-0.05, 0) is 25.6 Å². The lowest BCUT2D eigenvalue weighted by Gasteiger charge is -2.33. The molecule has 0 aromatic heterocycles. The summed E-state index contributed by atoms with van der Waals surface area (Å²) in [5.74, 6) is 0. The number of halogens is 1. The molecule has 1 rings (SSSR count). The van der Waals surface area contributed by atoms with Crippen LogP contribution in [0, 0.1) is 0 Å². The van der Waals surface area contributed by atoms with Gasteiger partial charge in [0.2, 0.25) is 0 Å². The van der Waals surface area contributed by atoms with Gasteiger partial charge in [0, 0.05) is 15.9 Å². The first-order valence-electron chi connectivity index (χ1n) is 4.92. The molecule has 0 radical (unpaired) electrons. The maximum atomic E-state index is 3.60. The van der Waals surface area contributed by atoms with Crippen molar-refractivity contribution in [2.75, 3.05) is 7.05 Å². The van der Waals surface area contributed by atoms with E-state index < -0.39 is 0 Å². The summed E-state index contributed by atoms with van der Waals surface area (Å²) < 4.78 is 1.19. The van der Waals surface area contributed by atoms with Gasteiger partial charge >= 0.3 is 0 Å². The van der Waals surface area contributed by atoms with E-state index in [1.165, 1.54) is 10.0 Å². The topological polar surface area (TPSA) is 12.0 Å². The minimum absolute atomic E-state index is 0.134. The molecule has 14 heavy (non-hydrogen) atoms. The largest absolute Gasteiger partial charge is 0.316 e. The monoisotopic (exact) mass is 255 g/mol. The molecular formula is C12H18BrN. The SMILES string of the molecule is CNC(C)C(C)(C)c1ccccc1Br. The lowest BCUT2D eigenvalue weighted by Crippen LogP contribution is -2.40. The maximum absolute atomic E-state index is 3.60. The average Bonchev–Trinajstić information content (AvgIpc) is 2.17. The molecule has 2 heteroatoms. The first-order valence-corrected chi connectivity index (χ1v) is 5.71. The van der Waals surface area contributed by atoms with E-state index in [1.54, 1.807) is 0 Å². The molecule has 1 nitrogen and oxygen atoms in total. The van der Waals surface area contributed by atoms with Crippen molar-refractivity contribution >= 4 is 15.9 Å². The van der Waals surface area contributed by atoms with Crippen LogP contribution in [0.3, 0.4) is 0 Å². The Hall–Kier alpha value is -0.340. The van der Waals surface area contributed by atoms with Crippen LogP contribution in [0.4, 0.5) is 0 Å². The fourth-order valence-corrected chi connectivity index (χ4v) is 2.37. The van der Waals surface area contributed by atoms with Crippen molar-refractivity contribution in [3.05, 3.63) is 34.3 Å². The second-order valence-electron chi connectivity index (χ2n) is 4.21. The van der Waals surface area contributed by atoms with Gasteiger partial charge in [-0.25, -0.2) is 0 Å². The van der Waals surface area contributed by atoms with Gasteiger partial charge < -0.3 is 5.32 Å². The van der Waals surface area contributed by atoms with Crippen molar-refractivity contribution in [1.82, 2.24) is 5.32 Å². The van der Waals surface area contributed by atoms with Crippen LogP contribution in [-0.2, 0) is 5.41 Å². The molecule has 0 aliphatic rings. The third kappa shape index (κ3) is 2.18. The molecule has 0 heterocycles. The normalized spacial score (nSPS) is 14.1. The highest BCUT2D eigenvalue weighted by molar-refractivity contribution is 9.10. The van der Waals surface area contributed by atoms with Crippen LogP contribution >= 0.6 is 15.9 Å². The highest BCUT2D eigenvalue weighted by Crippen LogP contribution is 2.32. The second-order valence-corrected chi connectivity index (χ2v) is 5.07. The number of rotatable bonds is 3. The molecule has 0 aliphatic heterocycles. The summed E-state index contributed by atoms with van der Waals surface area (Å²) in [6, 6.07) is 8.86. The van der Waals surface area contributed by atoms with Gasteiger partial charge in [0.15, 0.2) is 0 Å². The van der Waals surface area contributed by atoms with E-state index in [-0.39, 0.29) is 5.41 Å². The molecule has 0 aliphatic carbocycles. The van der Waals surface area contributed by atoms with Crippen LogP contribution in [0.25, 0.3) is 0 Å². The van der Waals surface area contributed by atoms with E-state index >= 15 is 0 Å². The van der Waals surface area contributed by atoms with Gasteiger partial charge in [0.05, 0.1) is 0 Å². The minimum atomic E-state index is 0.134. The maximum Gasteiger partial charge on any atom is 0.0213 e. The zero-order chi connectivity index (χ0) is 10.8. The van der Waals surface area contributed by atoms with Crippen molar-refractivity contribution in [2.24, 2.45) is 0 Å². The summed E-state index contributed by atoms with van der Waals surface area (Å²) in [5.41, 5.74) is 1.48. The quantitative estimate of drug-likeness (QED) is 0.874. The molecule has 1 aromatic carbocycles. The predicted octanol–water partition coefficient (Wildman–Crippen LogP) is 3.33. The molecule has 1 unspecified atom stereocenters. The molecule has 0 saturated carbocycles. The third-order valence-electron chi connectivity index (χ3n) is 3.08. The molecule has 78 valence electrons. The smallest absolute Gasteiger partial charge is 0.0213 e. The number of benzene rings is 1. The highest BCUT2D eigenvalue weighted by Gasteiger charge is 2.28. The standard InChI is InChI=1S/C12H18BrN/c1-9(14-4)12(2,3)10-7-5-6-8-11(10)13/h5-9,14H,1-4H3. The first kappa shape index (κ1) is 11.7. The zero-order valence-electron chi connectivity index (χ0n) is 9.26. The van der Waals surface area contributed by atoms with Crippen LogP contribution in [0.15, 0.2) is 28.7 Å². The molecule has 0 spiro atoms. The zero-order valence-corrected chi connectivity index (χ0v) is 10.9. The van der Waals surface area contributed by atoms with E-state index in [9.17, 15) is 0 Å². The Balaban J connectivity index is 3.09. The van der Waals surface area contributed by atoms with E-state index in [0.29, 0.717) is 6.04 Å². The Morgan fingerprint density at radius 2 is 1.86 bits per heavy atom. The van der Waals surface area contributed by atoms with Crippen molar-refractivity contribution < 1.29 is 0 Å². The molecule has 1 N–H and O–H groups in total. The van der Waals surface area contributed by atoms with Gasteiger partial charge in [-0.15, -0.1) is 0 Å². The number of hydrogen-bond acceptors (Lipinski definition) is 1. The third-order valence-corrected chi connectivity index (χ3v) is 3.78. The molecule has 0 saturated heterocycles. The summed E-state index contributed by atoms with van der Waals surface area (Å²) in [5, 5.41) is 3.31. The Labute approximate surface area is 95.0 Å². The summed E-state index contributed by atoms with van der Waals surface area (Å²) in [6.45, 7) is 6.72. The van der Waals surface area contributed by atoms with Gasteiger partial charge in [0.25, 0.3) is 0 Å². The van der Waals surface area contributed by atoms with Crippen molar-refractivity contribution in [2.45, 2.75) is 32.2 Å². The summed E-state index contributed by atoms with van der Waals surface area (Å²) in [6.07, 6.45) is 0. The summed E-state index contributed by atoms with van der Waals surface area (Å²) in [7, 11) is 2.00. The molecule has 1 aromatic rings. The number of nitrogens with one attached hydrogen (secondary N) is 1. The van der Waals surface area contributed by atoms with Crippen LogP contribution in [0.5, 0.6) is 0 Å². The van der Waals surface area contributed by atoms with E-state index in [1.807, 2.05) is 13.1 Å². The van der Waals surface area contributed by atoms with Gasteiger partial charge in [-0.1, -0.05) is 48.0 Å². The van der Waals surface area contributed by atoms with Crippen molar-refractivity contribution in [3.8, 4) is 0 Å². The van der Waals surface area contributed by atoms with Gasteiger partial charge in [-0.3, -0.25) is 0 Å². The minimum Gasteiger partial charge on any atom is -0.316 e.